The second-order valence-electron chi connectivity index (χ2n) is 8.55. The number of nitrogens with one attached hydrogen (secondary N) is 1. The Hall–Kier alpha value is -3.27. The lowest BCUT2D eigenvalue weighted by molar-refractivity contribution is -0.0214. The number of aryl methyl sites for hydroxylation is 1. The van der Waals surface area contributed by atoms with Gasteiger partial charge in [0.1, 0.15) is 5.75 Å². The molecule has 33 heavy (non-hydrogen) atoms. The normalized spacial score (nSPS) is 18.7. The summed E-state index contributed by atoms with van der Waals surface area (Å²) < 4.78 is 41.8. The number of ether oxygens (including phenoxy) is 2. The van der Waals surface area contributed by atoms with Crippen LogP contribution in [0.5, 0.6) is 5.75 Å². The summed E-state index contributed by atoms with van der Waals surface area (Å²) >= 11 is 0. The highest BCUT2D eigenvalue weighted by Crippen LogP contribution is 2.45. The van der Waals surface area contributed by atoms with E-state index >= 15 is 0 Å². The highest BCUT2D eigenvalue weighted by molar-refractivity contribution is 5.90. The Morgan fingerprint density at radius 3 is 2.73 bits per heavy atom. The van der Waals surface area contributed by atoms with E-state index in [4.69, 9.17) is 9.47 Å². The van der Waals surface area contributed by atoms with Gasteiger partial charge in [-0.3, -0.25) is 9.59 Å². The van der Waals surface area contributed by atoms with E-state index in [0.29, 0.717) is 42.8 Å². The molecule has 0 radical (unpaired) electrons. The van der Waals surface area contributed by atoms with Crippen LogP contribution < -0.4 is 21.2 Å². The molecule has 174 valence electrons. The van der Waals surface area contributed by atoms with Crippen LogP contribution >= 0.6 is 0 Å². The third-order valence-electron chi connectivity index (χ3n) is 6.35. The zero-order valence-corrected chi connectivity index (χ0v) is 18.3. The molecule has 2 aromatic heterocycles. The van der Waals surface area contributed by atoms with E-state index in [9.17, 15) is 18.4 Å². The average Bonchev–Trinajstić information content (AvgIpc) is 3.12. The van der Waals surface area contributed by atoms with E-state index in [0.717, 1.165) is 4.68 Å². The number of halogens is 2. The molecule has 2 aliphatic heterocycles. The lowest BCUT2D eigenvalue weighted by Gasteiger charge is -2.25. The molecule has 8 nitrogen and oxygen atoms in total. The van der Waals surface area contributed by atoms with Crippen LogP contribution in [0.2, 0.25) is 0 Å². The smallest absolute Gasteiger partial charge is 0.310 e. The molecular weight excluding hydrogens is 434 g/mol. The molecule has 4 heterocycles. The fourth-order valence-corrected chi connectivity index (χ4v) is 4.56. The molecule has 5 rings (SSSR count). The summed E-state index contributed by atoms with van der Waals surface area (Å²) in [6.45, 7) is 2.25. The maximum Gasteiger partial charge on any atom is 0.310 e. The number of benzene rings is 1. The lowest BCUT2D eigenvalue weighted by atomic mass is 10.0. The standard InChI is InChI=1S/C23H24F2N4O4/c1-13(15-4-3-5-18-20(15)33-12-23(18,24)25)26-21-17-11-29(14-6-8-32-9-7-14)19(30)10-16(17)22(31)28(2)27-21/h3-5,10-11,13-14H,6-9,12H2,1-2H3,(H,26,27)/t13-/m1/s1. The highest BCUT2D eigenvalue weighted by Gasteiger charge is 2.42. The van der Waals surface area contributed by atoms with Crippen LogP contribution in [0.3, 0.4) is 0 Å². The predicted octanol–water partition coefficient (Wildman–Crippen LogP) is 3.10. The zero-order valence-electron chi connectivity index (χ0n) is 18.3. The molecule has 2 aliphatic rings. The molecule has 1 fully saturated rings. The van der Waals surface area contributed by atoms with Crippen LogP contribution in [-0.2, 0) is 17.7 Å². The number of nitrogens with zero attached hydrogens (tertiary/aromatic N) is 3. The molecule has 3 aromatic rings. The van der Waals surface area contributed by atoms with E-state index in [1.165, 1.54) is 19.2 Å². The van der Waals surface area contributed by atoms with Gasteiger partial charge in [-0.05, 0) is 25.8 Å². The number of hydrogen-bond donors (Lipinski definition) is 1. The van der Waals surface area contributed by atoms with Gasteiger partial charge < -0.3 is 19.4 Å². The number of hydrogen-bond acceptors (Lipinski definition) is 6. The first-order valence-electron chi connectivity index (χ1n) is 10.9. The van der Waals surface area contributed by atoms with Crippen LogP contribution in [0.4, 0.5) is 14.6 Å². The quantitative estimate of drug-likeness (QED) is 0.647. The van der Waals surface area contributed by atoms with Gasteiger partial charge in [0.15, 0.2) is 12.4 Å². The van der Waals surface area contributed by atoms with Crippen molar-refractivity contribution in [1.29, 1.82) is 0 Å². The van der Waals surface area contributed by atoms with Gasteiger partial charge in [0, 0.05) is 49.5 Å². The first kappa shape index (κ1) is 21.6. The maximum atomic E-state index is 14.1. The van der Waals surface area contributed by atoms with Crippen LogP contribution in [0.1, 0.15) is 43.0 Å². The van der Waals surface area contributed by atoms with Crippen LogP contribution in [0.15, 0.2) is 40.1 Å². The first-order chi connectivity index (χ1) is 15.8. The number of fused-ring (bicyclic) bond motifs is 2. The predicted molar refractivity (Wildman–Crippen MR) is 118 cm³/mol. The summed E-state index contributed by atoms with van der Waals surface area (Å²) in [6.07, 6.45) is 3.06. The van der Waals surface area contributed by atoms with Gasteiger partial charge in [0.25, 0.3) is 11.1 Å². The van der Waals surface area contributed by atoms with Crippen LogP contribution in [-0.4, -0.2) is 34.2 Å². The molecule has 1 atom stereocenters. The molecule has 1 saturated heterocycles. The Labute approximate surface area is 187 Å². The van der Waals surface area contributed by atoms with Gasteiger partial charge in [-0.15, -0.1) is 0 Å². The van der Waals surface area contributed by atoms with E-state index < -0.39 is 18.6 Å². The van der Waals surface area contributed by atoms with Crippen molar-refractivity contribution in [3.63, 3.8) is 0 Å². The summed E-state index contributed by atoms with van der Waals surface area (Å²) in [6, 6.07) is 5.52. The molecule has 10 heteroatoms. The second-order valence-corrected chi connectivity index (χ2v) is 8.55. The monoisotopic (exact) mass is 458 g/mol. The number of pyridine rings is 1. The minimum atomic E-state index is -3.04. The van der Waals surface area contributed by atoms with E-state index in [2.05, 4.69) is 10.4 Å². The van der Waals surface area contributed by atoms with Gasteiger partial charge in [-0.25, -0.2) is 4.68 Å². The zero-order chi connectivity index (χ0) is 23.3. The molecule has 1 N–H and O–H groups in total. The molecule has 0 bridgehead atoms. The molecule has 0 unspecified atom stereocenters. The summed E-state index contributed by atoms with van der Waals surface area (Å²) in [5.41, 5.74) is -0.220. The van der Waals surface area contributed by atoms with Gasteiger partial charge in [0.2, 0.25) is 0 Å². The number of alkyl halides is 2. The van der Waals surface area contributed by atoms with Crippen molar-refractivity contribution in [2.75, 3.05) is 25.1 Å². The Kier molecular flexibility index (Phi) is 5.19. The summed E-state index contributed by atoms with van der Waals surface area (Å²) in [5.74, 6) is -2.49. The van der Waals surface area contributed by atoms with Crippen molar-refractivity contribution in [3.05, 3.63) is 62.3 Å². The third kappa shape index (κ3) is 3.68. The van der Waals surface area contributed by atoms with Gasteiger partial charge in [-0.2, -0.15) is 13.9 Å². The Morgan fingerprint density at radius 2 is 1.97 bits per heavy atom. The number of para-hydroxylation sites is 1. The molecule has 0 saturated carbocycles. The van der Waals surface area contributed by atoms with E-state index in [1.807, 2.05) is 6.92 Å². The van der Waals surface area contributed by atoms with Crippen molar-refractivity contribution in [2.24, 2.45) is 7.05 Å². The average molecular weight is 458 g/mol. The number of aromatic nitrogens is 3. The number of rotatable bonds is 4. The molecule has 0 aliphatic carbocycles. The third-order valence-corrected chi connectivity index (χ3v) is 6.35. The Bertz CT molecular complexity index is 1340. The molecule has 1 aromatic carbocycles. The van der Waals surface area contributed by atoms with Gasteiger partial charge >= 0.3 is 5.92 Å². The van der Waals surface area contributed by atoms with Crippen molar-refractivity contribution in [2.45, 2.75) is 37.8 Å². The summed E-state index contributed by atoms with van der Waals surface area (Å²) in [5, 5.41) is 8.35. The van der Waals surface area contributed by atoms with E-state index in [-0.39, 0.29) is 33.9 Å². The summed E-state index contributed by atoms with van der Waals surface area (Å²) in [4.78, 5) is 25.5. The molecule has 0 spiro atoms. The fourth-order valence-electron chi connectivity index (χ4n) is 4.56. The topological polar surface area (TPSA) is 87.4 Å². The first-order valence-corrected chi connectivity index (χ1v) is 10.9. The van der Waals surface area contributed by atoms with Crippen LogP contribution in [0.25, 0.3) is 10.8 Å². The minimum absolute atomic E-state index is 0.0296. The minimum Gasteiger partial charge on any atom is -0.486 e. The maximum absolute atomic E-state index is 14.1. The van der Waals surface area contributed by atoms with Gasteiger partial charge in [0.05, 0.1) is 17.0 Å². The van der Waals surface area contributed by atoms with Crippen molar-refractivity contribution in [1.82, 2.24) is 14.3 Å². The van der Waals surface area contributed by atoms with E-state index in [1.54, 1.807) is 22.9 Å². The summed E-state index contributed by atoms with van der Waals surface area (Å²) in [7, 11) is 1.51. The van der Waals surface area contributed by atoms with Crippen molar-refractivity contribution >= 4 is 16.6 Å². The number of anilines is 1. The van der Waals surface area contributed by atoms with Gasteiger partial charge in [-0.1, -0.05) is 12.1 Å². The Morgan fingerprint density at radius 1 is 1.21 bits per heavy atom. The Balaban J connectivity index is 1.58. The van der Waals surface area contributed by atoms with Crippen molar-refractivity contribution < 1.29 is 18.3 Å². The highest BCUT2D eigenvalue weighted by atomic mass is 19.3. The second kappa shape index (κ2) is 7.95. The molecule has 0 amide bonds. The SMILES string of the molecule is C[C@@H](Nc1nn(C)c(=O)c2cc(=O)n(C3CCOCC3)cc12)c1cccc2c1OCC2(F)F. The van der Waals surface area contributed by atoms with Crippen LogP contribution in [0, 0.1) is 0 Å². The lowest BCUT2D eigenvalue weighted by Crippen LogP contribution is -2.30. The largest absolute Gasteiger partial charge is 0.486 e. The fraction of sp³-hybridized carbons (Fsp3) is 0.435. The van der Waals surface area contributed by atoms with Crippen molar-refractivity contribution in [3.8, 4) is 5.75 Å². The molecular formula is C23H24F2N4O4.